The highest BCUT2D eigenvalue weighted by Gasteiger charge is 2.34. The Morgan fingerprint density at radius 3 is 2.36 bits per heavy atom. The largest absolute Gasteiger partial charge is 0.508 e. The Hall–Kier alpha value is -2.68. The van der Waals surface area contributed by atoms with Crippen LogP contribution in [0.15, 0.2) is 61.3 Å². The number of aliphatic hydroxyl groups excluding tert-OH is 3. The van der Waals surface area contributed by atoms with Gasteiger partial charge in [-0.25, -0.2) is 9.59 Å². The van der Waals surface area contributed by atoms with Crippen molar-refractivity contribution in [2.45, 2.75) is 97.7 Å². The molecule has 0 unspecified atom stereocenters. The van der Waals surface area contributed by atoms with Gasteiger partial charge in [0, 0.05) is 36.2 Å². The molecule has 1 heterocycles. The fourth-order valence-corrected chi connectivity index (χ4v) is 5.36. The normalized spacial score (nSPS) is 37.7. The average molecular weight is 591 g/mol. The second-order valence-corrected chi connectivity index (χ2v) is 12.0. The topological polar surface area (TPSA) is 123 Å². The second-order valence-electron chi connectivity index (χ2n) is 12.0. The number of cyclic esters (lactones) is 1. The lowest BCUT2D eigenvalue weighted by atomic mass is 9.82. The Morgan fingerprint density at radius 2 is 1.71 bits per heavy atom. The zero-order valence-electron chi connectivity index (χ0n) is 26.5. The molecule has 0 radical (unpaired) electrons. The van der Waals surface area contributed by atoms with E-state index in [0.717, 1.165) is 6.42 Å². The smallest absolute Gasteiger partial charge is 0.458 e. The molecule has 1 aliphatic heterocycles. The molecule has 1 rings (SSSR count). The van der Waals surface area contributed by atoms with E-state index < -0.39 is 42.6 Å². The number of rotatable bonds is 4. The predicted octanol–water partition coefficient (Wildman–Crippen LogP) is 5.93. The number of hydrogen-bond donors (Lipinski definition) is 3. The summed E-state index contributed by atoms with van der Waals surface area (Å²) in [6.45, 7) is 15.4. The van der Waals surface area contributed by atoms with Crippen molar-refractivity contribution in [1.82, 2.24) is 0 Å². The summed E-state index contributed by atoms with van der Waals surface area (Å²) in [5, 5.41) is 31.9. The number of allylic oxidation sites excluding steroid dienone is 4. The maximum Gasteiger partial charge on any atom is 0.508 e. The maximum absolute atomic E-state index is 12.9. The quantitative estimate of drug-likeness (QED) is 0.209. The van der Waals surface area contributed by atoms with Gasteiger partial charge >= 0.3 is 12.1 Å². The molecule has 238 valence electrons. The molecule has 11 atom stereocenters. The number of ether oxygens (including phenoxy) is 3. The van der Waals surface area contributed by atoms with Crippen LogP contribution in [0.1, 0.15) is 67.2 Å². The molecule has 8 heteroatoms. The molecule has 42 heavy (non-hydrogen) atoms. The first-order chi connectivity index (χ1) is 19.8. The third-order valence-electron chi connectivity index (χ3n) is 8.16. The number of hydrogen-bond acceptors (Lipinski definition) is 8. The first-order valence-electron chi connectivity index (χ1n) is 15.1. The van der Waals surface area contributed by atoms with Crippen LogP contribution in [-0.4, -0.2) is 65.1 Å². The van der Waals surface area contributed by atoms with Crippen molar-refractivity contribution in [3.8, 4) is 0 Å². The third kappa shape index (κ3) is 13.5. The Morgan fingerprint density at radius 1 is 1.02 bits per heavy atom. The Labute approximate surface area is 252 Å². The molecule has 0 saturated carbocycles. The number of esters is 1. The summed E-state index contributed by atoms with van der Waals surface area (Å²) in [5.74, 6) is -1.39. The SMILES string of the molecule is C=C/C=C\[C@H](C)[C@@H]1OC(=O)/C=C\C=C\[C@@H](C)[C@@H](O)C[C@H](O)/C=C\[C@H](C)[C@H](O)[C@@H](C)C[C@@H](C)CC[C@@H](OC(=O)OC)[C@@H]1C. The van der Waals surface area contributed by atoms with Crippen LogP contribution in [0.4, 0.5) is 4.79 Å². The highest BCUT2D eigenvalue weighted by molar-refractivity contribution is 5.82. The van der Waals surface area contributed by atoms with Gasteiger partial charge in [0.15, 0.2) is 0 Å². The van der Waals surface area contributed by atoms with Gasteiger partial charge in [0.25, 0.3) is 0 Å². The van der Waals surface area contributed by atoms with Crippen LogP contribution >= 0.6 is 0 Å². The third-order valence-corrected chi connectivity index (χ3v) is 8.16. The Kier molecular flexibility index (Phi) is 17.3. The van der Waals surface area contributed by atoms with E-state index in [0.29, 0.717) is 12.8 Å². The van der Waals surface area contributed by atoms with E-state index >= 15 is 0 Å². The molecule has 1 aliphatic rings. The molecule has 0 spiro atoms. The van der Waals surface area contributed by atoms with Gasteiger partial charge in [0.05, 0.1) is 25.4 Å². The number of aliphatic hydroxyl groups is 3. The van der Waals surface area contributed by atoms with Gasteiger partial charge in [0.1, 0.15) is 12.2 Å². The van der Waals surface area contributed by atoms with E-state index in [-0.39, 0.29) is 41.9 Å². The molecule has 0 fully saturated rings. The highest BCUT2D eigenvalue weighted by Crippen LogP contribution is 2.30. The van der Waals surface area contributed by atoms with Crippen molar-refractivity contribution in [3.05, 3.63) is 61.3 Å². The monoisotopic (exact) mass is 590 g/mol. The van der Waals surface area contributed by atoms with Gasteiger partial charge in [-0.2, -0.15) is 0 Å². The van der Waals surface area contributed by atoms with Gasteiger partial charge in [0.2, 0.25) is 0 Å². The molecule has 0 aromatic rings. The van der Waals surface area contributed by atoms with Crippen molar-refractivity contribution in [2.24, 2.45) is 35.5 Å². The molecule has 3 N–H and O–H groups in total. The summed E-state index contributed by atoms with van der Waals surface area (Å²) in [4.78, 5) is 25.0. The minimum atomic E-state index is -0.856. The molecule has 0 saturated heterocycles. The van der Waals surface area contributed by atoms with Crippen LogP contribution in [0.3, 0.4) is 0 Å². The molecule has 0 amide bonds. The first kappa shape index (κ1) is 37.3. The molecule has 8 nitrogen and oxygen atoms in total. The number of carbonyl (C=O) groups excluding carboxylic acids is 2. The van der Waals surface area contributed by atoms with Crippen molar-refractivity contribution in [2.75, 3.05) is 7.11 Å². The van der Waals surface area contributed by atoms with Crippen molar-refractivity contribution < 1.29 is 39.1 Å². The molecule has 0 bridgehead atoms. The summed E-state index contributed by atoms with van der Waals surface area (Å²) in [6, 6.07) is 0. The first-order valence-corrected chi connectivity index (χ1v) is 15.1. The van der Waals surface area contributed by atoms with Crippen LogP contribution in [0.2, 0.25) is 0 Å². The van der Waals surface area contributed by atoms with Crippen LogP contribution in [-0.2, 0) is 19.0 Å². The number of carbonyl (C=O) groups is 2. The predicted molar refractivity (Wildman–Crippen MR) is 165 cm³/mol. The zero-order chi connectivity index (χ0) is 31.8. The van der Waals surface area contributed by atoms with Gasteiger partial charge in [-0.3, -0.25) is 0 Å². The summed E-state index contributed by atoms with van der Waals surface area (Å²) in [5.41, 5.74) is 0. The Balaban J connectivity index is 3.37. The van der Waals surface area contributed by atoms with Crippen LogP contribution in [0, 0.1) is 35.5 Å². The van der Waals surface area contributed by atoms with E-state index in [1.807, 2.05) is 40.7 Å². The van der Waals surface area contributed by atoms with E-state index in [9.17, 15) is 24.9 Å². The molecule has 0 aromatic carbocycles. The lowest BCUT2D eigenvalue weighted by molar-refractivity contribution is -0.150. The lowest BCUT2D eigenvalue weighted by Gasteiger charge is -2.33. The highest BCUT2D eigenvalue weighted by atomic mass is 16.7. The summed E-state index contributed by atoms with van der Waals surface area (Å²) in [6.07, 6.45) is 12.9. The molecular formula is C34H54O8. The van der Waals surface area contributed by atoms with Gasteiger partial charge in [-0.1, -0.05) is 96.7 Å². The van der Waals surface area contributed by atoms with Crippen LogP contribution in [0.25, 0.3) is 0 Å². The zero-order valence-corrected chi connectivity index (χ0v) is 26.5. The fourth-order valence-electron chi connectivity index (χ4n) is 5.36. The molecule has 0 aromatic heterocycles. The van der Waals surface area contributed by atoms with Crippen molar-refractivity contribution in [3.63, 3.8) is 0 Å². The standard InChI is InChI=1S/C34H54O8/c1-9-10-13-25(5)33-27(7)30(41-34(39)40-8)19-16-22(2)20-26(6)32(38)24(4)17-18-28(35)21-29(36)23(3)14-11-12-15-31(37)42-33/h9-15,17-18,22-30,32-33,35-36,38H,1,16,19-21H2,2-8H3/b13-10-,14-11+,15-12-,18-17-/t22-,23+,24-,25-,26-,27-,28+,29-,30+,32-,33-/m0/s1. The fraction of sp³-hybridized carbons (Fsp3) is 0.647. The maximum atomic E-state index is 12.9. The summed E-state index contributed by atoms with van der Waals surface area (Å²) < 4.78 is 16.4. The summed E-state index contributed by atoms with van der Waals surface area (Å²) >= 11 is 0. The van der Waals surface area contributed by atoms with E-state index in [1.165, 1.54) is 13.2 Å². The van der Waals surface area contributed by atoms with E-state index in [4.69, 9.17) is 14.2 Å². The lowest BCUT2D eigenvalue weighted by Crippen LogP contribution is -2.39. The number of methoxy groups -OCH3 is 1. The second kappa shape index (κ2) is 19.5. The average Bonchev–Trinajstić information content (AvgIpc) is 2.95. The summed E-state index contributed by atoms with van der Waals surface area (Å²) in [7, 11) is 1.26. The van der Waals surface area contributed by atoms with Gasteiger partial charge in [-0.15, -0.1) is 0 Å². The minimum absolute atomic E-state index is 0.0210. The van der Waals surface area contributed by atoms with E-state index in [1.54, 1.807) is 42.5 Å². The van der Waals surface area contributed by atoms with Gasteiger partial charge < -0.3 is 29.5 Å². The van der Waals surface area contributed by atoms with Crippen LogP contribution in [0.5, 0.6) is 0 Å². The minimum Gasteiger partial charge on any atom is -0.458 e. The van der Waals surface area contributed by atoms with Gasteiger partial charge in [-0.05, 0) is 31.1 Å². The Bertz CT molecular complexity index is 938. The molecular weight excluding hydrogens is 536 g/mol. The van der Waals surface area contributed by atoms with Crippen LogP contribution < -0.4 is 0 Å². The van der Waals surface area contributed by atoms with Crippen molar-refractivity contribution in [1.29, 1.82) is 0 Å². The molecule has 0 aliphatic carbocycles. The van der Waals surface area contributed by atoms with Crippen molar-refractivity contribution >= 4 is 12.1 Å². The van der Waals surface area contributed by atoms with E-state index in [2.05, 4.69) is 13.5 Å².